The monoisotopic (exact) mass is 626 g/mol. The molecule has 0 bridgehead atoms. The van der Waals surface area contributed by atoms with E-state index in [4.69, 9.17) is 9.97 Å². The van der Waals surface area contributed by atoms with Crippen molar-refractivity contribution in [2.75, 3.05) is 0 Å². The third kappa shape index (κ3) is 4.96. The Labute approximate surface area is 287 Å². The fraction of sp³-hybridized carbons (Fsp3) is 0.0638. The number of aromatic nitrogens is 2. The second-order valence-corrected chi connectivity index (χ2v) is 13.4. The molecule has 0 atom stereocenters. The van der Waals surface area contributed by atoms with Gasteiger partial charge in [0.15, 0.2) is 5.82 Å². The summed E-state index contributed by atoms with van der Waals surface area (Å²) in [6, 6.07) is 60.5. The van der Waals surface area contributed by atoms with E-state index in [0.29, 0.717) is 5.82 Å². The molecule has 0 N–H and O–H groups in total. The van der Waals surface area contributed by atoms with Crippen LogP contribution in [0.1, 0.15) is 25.0 Å². The molecular formula is C47H34N2. The van der Waals surface area contributed by atoms with Gasteiger partial charge in [-0.3, -0.25) is 0 Å². The standard InChI is InChI=1S/C47H34N2/c1-47(2)41-19-11-18-38(44(41)40-29-28-33-14-9-10-17-39(33)45(40)47)34-22-24-36(25-23-34)43-30-42(35-15-7-4-8-16-35)48-46(49-43)37-26-20-32(21-27-37)31-12-5-3-6-13-31/h3-30H,1-2H3. The van der Waals surface area contributed by atoms with Gasteiger partial charge in [-0.2, -0.15) is 0 Å². The van der Waals surface area contributed by atoms with Gasteiger partial charge in [-0.05, 0) is 61.3 Å². The lowest BCUT2D eigenvalue weighted by Gasteiger charge is -2.23. The summed E-state index contributed by atoms with van der Waals surface area (Å²) in [7, 11) is 0. The van der Waals surface area contributed by atoms with E-state index >= 15 is 0 Å². The number of hydrogen-bond acceptors (Lipinski definition) is 2. The van der Waals surface area contributed by atoms with E-state index in [2.05, 4.69) is 172 Å². The largest absolute Gasteiger partial charge is 0.228 e. The van der Waals surface area contributed by atoms with Gasteiger partial charge in [0.1, 0.15) is 0 Å². The van der Waals surface area contributed by atoms with Gasteiger partial charge >= 0.3 is 0 Å². The zero-order valence-corrected chi connectivity index (χ0v) is 27.6. The first-order valence-electron chi connectivity index (χ1n) is 16.9. The van der Waals surface area contributed by atoms with Gasteiger partial charge in [0.05, 0.1) is 11.4 Å². The Morgan fingerprint density at radius 3 is 1.67 bits per heavy atom. The summed E-state index contributed by atoms with van der Waals surface area (Å²) in [5.41, 5.74) is 15.1. The van der Waals surface area contributed by atoms with Crippen LogP contribution in [-0.2, 0) is 5.41 Å². The molecule has 2 nitrogen and oxygen atoms in total. The Balaban J connectivity index is 1.13. The van der Waals surface area contributed by atoms with Crippen LogP contribution in [0, 0.1) is 0 Å². The molecule has 1 aromatic heterocycles. The minimum atomic E-state index is -0.0913. The summed E-state index contributed by atoms with van der Waals surface area (Å²) in [5.74, 6) is 0.715. The van der Waals surface area contributed by atoms with Gasteiger partial charge in [0.25, 0.3) is 0 Å². The van der Waals surface area contributed by atoms with E-state index in [9.17, 15) is 0 Å². The maximum atomic E-state index is 5.13. The van der Waals surface area contributed by atoms with Gasteiger partial charge in [-0.1, -0.05) is 178 Å². The number of hydrogen-bond donors (Lipinski definition) is 0. The molecule has 0 saturated carbocycles. The second-order valence-electron chi connectivity index (χ2n) is 13.4. The average molecular weight is 627 g/mol. The molecule has 1 aliphatic carbocycles. The third-order valence-electron chi connectivity index (χ3n) is 10.1. The Morgan fingerprint density at radius 1 is 0.408 bits per heavy atom. The SMILES string of the molecule is CC1(C)c2cccc(-c3ccc(-c4cc(-c5ccccc5)nc(-c5ccc(-c6ccccc6)cc5)n4)cc3)c2-c2ccc3ccccc3c21. The molecule has 8 aromatic rings. The lowest BCUT2D eigenvalue weighted by Crippen LogP contribution is -2.15. The fourth-order valence-corrected chi connectivity index (χ4v) is 7.64. The van der Waals surface area contributed by atoms with Crippen molar-refractivity contribution in [2.45, 2.75) is 19.3 Å². The van der Waals surface area contributed by atoms with Crippen molar-refractivity contribution in [3.63, 3.8) is 0 Å². The van der Waals surface area contributed by atoms with Gasteiger partial charge in [-0.15, -0.1) is 0 Å². The Hall–Kier alpha value is -6.12. The van der Waals surface area contributed by atoms with Crippen LogP contribution in [0.15, 0.2) is 170 Å². The molecule has 0 aliphatic heterocycles. The molecule has 0 fully saturated rings. The van der Waals surface area contributed by atoms with Crippen molar-refractivity contribution < 1.29 is 0 Å². The highest BCUT2D eigenvalue weighted by molar-refractivity contribution is 6.01. The minimum absolute atomic E-state index is 0.0913. The molecule has 0 saturated heterocycles. The lowest BCUT2D eigenvalue weighted by molar-refractivity contribution is 0.666. The van der Waals surface area contributed by atoms with E-state index in [1.165, 1.54) is 55.3 Å². The second kappa shape index (κ2) is 11.5. The first kappa shape index (κ1) is 29.1. The summed E-state index contributed by atoms with van der Waals surface area (Å²) in [4.78, 5) is 10.2. The van der Waals surface area contributed by atoms with E-state index < -0.39 is 0 Å². The van der Waals surface area contributed by atoms with Crippen LogP contribution in [0.3, 0.4) is 0 Å². The smallest absolute Gasteiger partial charge is 0.160 e. The molecule has 7 aromatic carbocycles. The number of rotatable bonds is 5. The van der Waals surface area contributed by atoms with E-state index in [0.717, 1.165) is 28.1 Å². The Kier molecular flexibility index (Phi) is 6.84. The first-order chi connectivity index (χ1) is 24.0. The number of fused-ring (bicyclic) bond motifs is 5. The maximum Gasteiger partial charge on any atom is 0.160 e. The molecule has 232 valence electrons. The maximum absolute atomic E-state index is 5.13. The molecule has 0 amide bonds. The van der Waals surface area contributed by atoms with Crippen LogP contribution < -0.4 is 0 Å². The molecule has 49 heavy (non-hydrogen) atoms. The number of nitrogens with zero attached hydrogens (tertiary/aromatic N) is 2. The van der Waals surface area contributed by atoms with Crippen LogP contribution >= 0.6 is 0 Å². The predicted molar refractivity (Wildman–Crippen MR) is 204 cm³/mol. The van der Waals surface area contributed by atoms with Crippen molar-refractivity contribution in [1.82, 2.24) is 9.97 Å². The summed E-state index contributed by atoms with van der Waals surface area (Å²) < 4.78 is 0. The van der Waals surface area contributed by atoms with E-state index in [1.54, 1.807) is 0 Å². The van der Waals surface area contributed by atoms with Crippen molar-refractivity contribution in [3.05, 3.63) is 181 Å². The lowest BCUT2D eigenvalue weighted by atomic mass is 9.80. The van der Waals surface area contributed by atoms with Gasteiger partial charge < -0.3 is 0 Å². The van der Waals surface area contributed by atoms with Gasteiger partial charge in [0, 0.05) is 22.1 Å². The molecule has 0 spiro atoms. The topological polar surface area (TPSA) is 25.8 Å². The Morgan fingerprint density at radius 2 is 0.959 bits per heavy atom. The van der Waals surface area contributed by atoms with Crippen LogP contribution in [0.4, 0.5) is 0 Å². The molecule has 1 aliphatic rings. The summed E-state index contributed by atoms with van der Waals surface area (Å²) in [6.45, 7) is 4.73. The van der Waals surface area contributed by atoms with Crippen LogP contribution in [0.25, 0.3) is 78.1 Å². The summed E-state index contributed by atoms with van der Waals surface area (Å²) in [6.07, 6.45) is 0. The van der Waals surface area contributed by atoms with Gasteiger partial charge in [0.2, 0.25) is 0 Å². The molecule has 0 radical (unpaired) electrons. The first-order valence-corrected chi connectivity index (χ1v) is 16.9. The fourth-order valence-electron chi connectivity index (χ4n) is 7.64. The highest BCUT2D eigenvalue weighted by Gasteiger charge is 2.38. The zero-order valence-electron chi connectivity index (χ0n) is 27.6. The van der Waals surface area contributed by atoms with Crippen LogP contribution in [0.5, 0.6) is 0 Å². The minimum Gasteiger partial charge on any atom is -0.228 e. The summed E-state index contributed by atoms with van der Waals surface area (Å²) in [5, 5.41) is 2.63. The van der Waals surface area contributed by atoms with Gasteiger partial charge in [-0.25, -0.2) is 9.97 Å². The van der Waals surface area contributed by atoms with E-state index in [-0.39, 0.29) is 5.41 Å². The van der Waals surface area contributed by atoms with Crippen molar-refractivity contribution in [1.29, 1.82) is 0 Å². The van der Waals surface area contributed by atoms with Crippen molar-refractivity contribution in [3.8, 4) is 67.3 Å². The Bertz CT molecular complexity index is 2480. The molecule has 9 rings (SSSR count). The molecule has 1 heterocycles. The normalized spacial score (nSPS) is 12.9. The number of benzene rings is 7. The third-order valence-corrected chi connectivity index (χ3v) is 10.1. The molecule has 0 unspecified atom stereocenters. The average Bonchev–Trinajstić information content (AvgIpc) is 3.42. The van der Waals surface area contributed by atoms with Crippen molar-refractivity contribution >= 4 is 10.8 Å². The molecular weight excluding hydrogens is 593 g/mol. The highest BCUT2D eigenvalue weighted by atomic mass is 14.9. The predicted octanol–water partition coefficient (Wildman–Crippen LogP) is 12.3. The molecule has 2 heteroatoms. The van der Waals surface area contributed by atoms with Crippen LogP contribution in [0.2, 0.25) is 0 Å². The summed E-state index contributed by atoms with van der Waals surface area (Å²) >= 11 is 0. The quantitative estimate of drug-likeness (QED) is 0.190. The zero-order chi connectivity index (χ0) is 33.0. The van der Waals surface area contributed by atoms with Crippen LogP contribution in [-0.4, -0.2) is 9.97 Å². The van der Waals surface area contributed by atoms with E-state index in [1.807, 2.05) is 12.1 Å². The van der Waals surface area contributed by atoms with Crippen molar-refractivity contribution in [2.24, 2.45) is 0 Å². The highest BCUT2D eigenvalue weighted by Crippen LogP contribution is 2.54.